The fraction of sp³-hybridized carbons (Fsp3) is 0.857. The molecule has 3 rings (SSSR count). The molecule has 1 aliphatic heterocycles. The zero-order valence-corrected chi connectivity index (χ0v) is 12.2. The van der Waals surface area contributed by atoms with Crippen molar-refractivity contribution < 1.29 is 5.11 Å². The van der Waals surface area contributed by atoms with Crippen LogP contribution in [0.2, 0.25) is 0 Å². The van der Waals surface area contributed by atoms with Crippen molar-refractivity contribution >= 4 is 23.5 Å². The van der Waals surface area contributed by atoms with Gasteiger partial charge in [-0.05, 0) is 43.4 Å². The van der Waals surface area contributed by atoms with Crippen LogP contribution in [0.3, 0.4) is 0 Å². The first-order chi connectivity index (χ1) is 8.19. The van der Waals surface area contributed by atoms with Crippen LogP contribution < -0.4 is 0 Å². The Labute approximate surface area is 113 Å². The topological polar surface area (TPSA) is 20.2 Å². The molecular weight excluding hydrogens is 248 g/mol. The number of aliphatic hydroxyl groups is 1. The highest BCUT2D eigenvalue weighted by Gasteiger charge is 2.47. The molecule has 3 heteroatoms. The van der Waals surface area contributed by atoms with Crippen LogP contribution in [0.5, 0.6) is 0 Å². The largest absolute Gasteiger partial charge is 0.396 e. The second-order valence-electron chi connectivity index (χ2n) is 5.87. The maximum atomic E-state index is 9.61. The van der Waals surface area contributed by atoms with E-state index in [4.69, 9.17) is 0 Å². The van der Waals surface area contributed by atoms with E-state index in [0.29, 0.717) is 22.0 Å². The first-order valence-corrected chi connectivity index (χ1v) is 8.77. The van der Waals surface area contributed by atoms with Gasteiger partial charge in [0.15, 0.2) is 0 Å². The van der Waals surface area contributed by atoms with Crippen molar-refractivity contribution in [2.45, 2.75) is 43.1 Å². The monoisotopic (exact) mass is 270 g/mol. The zero-order valence-electron chi connectivity index (χ0n) is 10.6. The summed E-state index contributed by atoms with van der Waals surface area (Å²) in [5.41, 5.74) is 1.97. The second kappa shape index (κ2) is 4.50. The predicted octanol–water partition coefficient (Wildman–Crippen LogP) is 3.68. The highest BCUT2D eigenvalue weighted by Crippen LogP contribution is 2.59. The van der Waals surface area contributed by atoms with Crippen LogP contribution >= 0.6 is 23.5 Å². The van der Waals surface area contributed by atoms with Crippen LogP contribution in [0.25, 0.3) is 0 Å². The van der Waals surface area contributed by atoms with Gasteiger partial charge >= 0.3 is 0 Å². The van der Waals surface area contributed by atoms with Gasteiger partial charge in [0.25, 0.3) is 0 Å². The Morgan fingerprint density at radius 2 is 2.12 bits per heavy atom. The SMILES string of the molecule is C[C@]12CCC3(C=C1CCC[C@H]2CO)SCCS3. The van der Waals surface area contributed by atoms with Crippen molar-refractivity contribution in [3.05, 3.63) is 11.6 Å². The van der Waals surface area contributed by atoms with Gasteiger partial charge in [0.1, 0.15) is 0 Å². The Kier molecular flexibility index (Phi) is 3.29. The smallest absolute Gasteiger partial charge is 0.0795 e. The van der Waals surface area contributed by atoms with Crippen LogP contribution in [0.1, 0.15) is 39.0 Å². The van der Waals surface area contributed by atoms with Gasteiger partial charge in [-0.25, -0.2) is 0 Å². The lowest BCUT2D eigenvalue weighted by Crippen LogP contribution is -2.40. The Morgan fingerprint density at radius 1 is 1.35 bits per heavy atom. The van der Waals surface area contributed by atoms with E-state index in [-0.39, 0.29) is 0 Å². The van der Waals surface area contributed by atoms with Gasteiger partial charge in [0.05, 0.1) is 4.08 Å². The summed E-state index contributed by atoms with van der Waals surface area (Å²) in [7, 11) is 0. The maximum Gasteiger partial charge on any atom is 0.0795 e. The molecule has 1 saturated carbocycles. The maximum absolute atomic E-state index is 9.61. The average molecular weight is 270 g/mol. The van der Waals surface area contributed by atoms with Crippen molar-refractivity contribution in [2.24, 2.45) is 11.3 Å². The molecule has 0 amide bonds. The first-order valence-electron chi connectivity index (χ1n) is 6.80. The lowest BCUT2D eigenvalue weighted by Gasteiger charge is -2.48. The van der Waals surface area contributed by atoms with Crippen molar-refractivity contribution in [2.75, 3.05) is 18.1 Å². The van der Waals surface area contributed by atoms with Crippen LogP contribution in [0, 0.1) is 11.3 Å². The molecule has 1 heterocycles. The van der Waals surface area contributed by atoms with E-state index in [2.05, 4.69) is 36.5 Å². The van der Waals surface area contributed by atoms with Crippen molar-refractivity contribution in [3.8, 4) is 0 Å². The van der Waals surface area contributed by atoms with E-state index in [1.54, 1.807) is 5.57 Å². The molecule has 0 aromatic heterocycles. The van der Waals surface area contributed by atoms with E-state index >= 15 is 0 Å². The standard InChI is InChI=1S/C14H22OS2/c1-13-5-6-14(16-7-8-17-14)9-11(13)3-2-4-12(13)10-15/h9,12,15H,2-8,10H2,1H3/t12-,13-/m0/s1. The van der Waals surface area contributed by atoms with E-state index in [0.717, 1.165) is 0 Å². The van der Waals surface area contributed by atoms with Crippen molar-refractivity contribution in [1.82, 2.24) is 0 Å². The first kappa shape index (κ1) is 12.4. The molecule has 96 valence electrons. The molecule has 1 saturated heterocycles. The third-order valence-electron chi connectivity index (χ3n) is 5.02. The third kappa shape index (κ3) is 1.98. The fourth-order valence-corrected chi connectivity index (χ4v) is 6.90. The summed E-state index contributed by atoms with van der Waals surface area (Å²) in [6.07, 6.45) is 8.95. The highest BCUT2D eigenvalue weighted by atomic mass is 32.2. The normalized spacial score (nSPS) is 40.1. The lowest BCUT2D eigenvalue weighted by atomic mass is 9.60. The summed E-state index contributed by atoms with van der Waals surface area (Å²) in [5.74, 6) is 3.14. The van der Waals surface area contributed by atoms with Crippen molar-refractivity contribution in [3.63, 3.8) is 0 Å². The minimum atomic E-state index is 0.308. The number of allylic oxidation sites excluding steroid dienone is 1. The van der Waals surface area contributed by atoms with E-state index < -0.39 is 0 Å². The van der Waals surface area contributed by atoms with Gasteiger partial charge in [-0.15, -0.1) is 23.5 Å². The molecule has 1 N–H and O–H groups in total. The number of thioether (sulfide) groups is 2. The Hall–Kier alpha value is 0.400. The highest BCUT2D eigenvalue weighted by molar-refractivity contribution is 8.21. The van der Waals surface area contributed by atoms with Crippen LogP contribution in [-0.4, -0.2) is 27.3 Å². The number of rotatable bonds is 1. The minimum Gasteiger partial charge on any atom is -0.396 e. The van der Waals surface area contributed by atoms with Gasteiger partial charge in [-0.1, -0.05) is 18.6 Å². The minimum absolute atomic E-state index is 0.308. The molecule has 0 bridgehead atoms. The number of hydrogen-bond donors (Lipinski definition) is 1. The molecule has 1 nitrogen and oxygen atoms in total. The lowest BCUT2D eigenvalue weighted by molar-refractivity contribution is 0.0870. The molecule has 0 aromatic carbocycles. The summed E-state index contributed by atoms with van der Waals surface area (Å²) in [4.78, 5) is 0. The molecule has 1 spiro atoms. The van der Waals surface area contributed by atoms with Gasteiger partial charge in [0, 0.05) is 18.1 Å². The zero-order chi connectivity index (χ0) is 11.9. The Morgan fingerprint density at radius 3 is 2.82 bits per heavy atom. The molecule has 2 fully saturated rings. The van der Waals surface area contributed by atoms with Crippen LogP contribution in [0.15, 0.2) is 11.6 Å². The summed E-state index contributed by atoms with van der Waals surface area (Å²) < 4.78 is 0.409. The predicted molar refractivity (Wildman–Crippen MR) is 77.5 cm³/mol. The van der Waals surface area contributed by atoms with Gasteiger partial charge in [0.2, 0.25) is 0 Å². The molecule has 0 radical (unpaired) electrons. The summed E-state index contributed by atoms with van der Waals surface area (Å²) in [6, 6.07) is 0. The molecule has 2 atom stereocenters. The third-order valence-corrected chi connectivity index (χ3v) is 8.42. The van der Waals surface area contributed by atoms with Gasteiger partial charge < -0.3 is 5.11 Å². The van der Waals surface area contributed by atoms with Gasteiger partial charge in [-0.3, -0.25) is 0 Å². The molecule has 17 heavy (non-hydrogen) atoms. The van der Waals surface area contributed by atoms with Crippen molar-refractivity contribution in [1.29, 1.82) is 0 Å². The molecular formula is C14H22OS2. The van der Waals surface area contributed by atoms with E-state index in [1.165, 1.54) is 43.6 Å². The second-order valence-corrected chi connectivity index (χ2v) is 8.98. The Balaban J connectivity index is 1.92. The average Bonchev–Trinajstić information content (AvgIpc) is 2.78. The van der Waals surface area contributed by atoms with Crippen LogP contribution in [0.4, 0.5) is 0 Å². The molecule has 2 aliphatic carbocycles. The van der Waals surface area contributed by atoms with Gasteiger partial charge in [-0.2, -0.15) is 0 Å². The fourth-order valence-electron chi connectivity index (χ4n) is 3.77. The molecule has 3 aliphatic rings. The summed E-state index contributed by atoms with van der Waals surface area (Å²) in [5, 5.41) is 9.61. The quantitative estimate of drug-likeness (QED) is 0.734. The number of hydrogen-bond acceptors (Lipinski definition) is 3. The summed E-state index contributed by atoms with van der Waals surface area (Å²) in [6.45, 7) is 2.77. The molecule has 0 unspecified atom stereocenters. The van der Waals surface area contributed by atoms with E-state index in [1.807, 2.05) is 0 Å². The van der Waals surface area contributed by atoms with Crippen LogP contribution in [-0.2, 0) is 0 Å². The number of aliphatic hydroxyl groups excluding tert-OH is 1. The Bertz CT molecular complexity index is 333. The molecule has 0 aromatic rings. The number of fused-ring (bicyclic) bond motifs is 1. The summed E-state index contributed by atoms with van der Waals surface area (Å²) >= 11 is 4.31. The van der Waals surface area contributed by atoms with E-state index in [9.17, 15) is 5.11 Å².